The number of aliphatic hydroxyl groups is 2. The van der Waals surface area contributed by atoms with Gasteiger partial charge < -0.3 is 10.2 Å². The fourth-order valence-corrected chi connectivity index (χ4v) is 3.25. The number of aliphatic hydroxyl groups excluding tert-OH is 2. The minimum atomic E-state index is -0.243. The maximum Gasteiger partial charge on any atom is 0.0718 e. The van der Waals surface area contributed by atoms with Crippen molar-refractivity contribution in [2.45, 2.75) is 57.9 Å². The first kappa shape index (κ1) is 11.4. The smallest absolute Gasteiger partial charge is 0.0718 e. The molecule has 0 aromatic heterocycles. The molecule has 0 saturated carbocycles. The van der Waals surface area contributed by atoms with Gasteiger partial charge in [0, 0.05) is 18.6 Å². The van der Waals surface area contributed by atoms with Gasteiger partial charge in [-0.25, -0.2) is 0 Å². The second kappa shape index (κ2) is 4.04. The summed E-state index contributed by atoms with van der Waals surface area (Å²) in [5, 5.41) is 20.0. The van der Waals surface area contributed by atoms with Gasteiger partial charge >= 0.3 is 0 Å². The van der Waals surface area contributed by atoms with Crippen molar-refractivity contribution in [3.05, 3.63) is 0 Å². The summed E-state index contributed by atoms with van der Waals surface area (Å²) in [5.74, 6) is 0.736. The van der Waals surface area contributed by atoms with E-state index < -0.39 is 0 Å². The predicted molar refractivity (Wildman–Crippen MR) is 59.5 cm³/mol. The molecule has 3 heteroatoms. The van der Waals surface area contributed by atoms with Gasteiger partial charge in [0.05, 0.1) is 12.2 Å². The molecule has 6 atom stereocenters. The summed E-state index contributed by atoms with van der Waals surface area (Å²) >= 11 is 0. The van der Waals surface area contributed by atoms with Crippen LogP contribution in [0.25, 0.3) is 0 Å². The van der Waals surface area contributed by atoms with E-state index in [1.807, 2.05) is 0 Å². The Bertz CT molecular complexity index is 234. The van der Waals surface area contributed by atoms with Gasteiger partial charge in [-0.2, -0.15) is 0 Å². The van der Waals surface area contributed by atoms with Crippen LogP contribution < -0.4 is 0 Å². The summed E-state index contributed by atoms with van der Waals surface area (Å²) in [6.07, 6.45) is 1.73. The maximum atomic E-state index is 10.1. The average molecular weight is 213 g/mol. The third-order valence-corrected chi connectivity index (χ3v) is 4.56. The number of hydrogen-bond acceptors (Lipinski definition) is 3. The van der Waals surface area contributed by atoms with Crippen LogP contribution in [0.2, 0.25) is 0 Å². The van der Waals surface area contributed by atoms with Gasteiger partial charge in [0.25, 0.3) is 0 Å². The summed E-state index contributed by atoms with van der Waals surface area (Å²) in [5.41, 5.74) is 0. The summed E-state index contributed by atoms with van der Waals surface area (Å²) in [6.45, 7) is 7.08. The first-order valence-electron chi connectivity index (χ1n) is 6.14. The predicted octanol–water partition coefficient (Wildman–Crippen LogP) is 0.847. The van der Waals surface area contributed by atoms with Crippen LogP contribution in [-0.4, -0.2) is 45.9 Å². The Morgan fingerprint density at radius 1 is 1.07 bits per heavy atom. The third kappa shape index (κ3) is 1.81. The van der Waals surface area contributed by atoms with Gasteiger partial charge in [-0.05, 0) is 31.6 Å². The lowest BCUT2D eigenvalue weighted by Crippen LogP contribution is -2.44. The minimum Gasteiger partial charge on any atom is -0.391 e. The molecule has 2 saturated heterocycles. The highest BCUT2D eigenvalue weighted by Crippen LogP contribution is 2.35. The number of nitrogens with zero attached hydrogens (tertiary/aromatic N) is 1. The normalized spacial score (nSPS) is 52.6. The Morgan fingerprint density at radius 2 is 1.73 bits per heavy atom. The molecular formula is C12H23NO2. The lowest BCUT2D eigenvalue weighted by Gasteiger charge is -2.32. The molecule has 2 aliphatic rings. The zero-order chi connectivity index (χ0) is 11.2. The molecule has 88 valence electrons. The Hall–Kier alpha value is -0.120. The first-order valence-corrected chi connectivity index (χ1v) is 6.14. The van der Waals surface area contributed by atoms with E-state index >= 15 is 0 Å². The fourth-order valence-electron chi connectivity index (χ4n) is 3.25. The van der Waals surface area contributed by atoms with Gasteiger partial charge in [-0.1, -0.05) is 13.8 Å². The van der Waals surface area contributed by atoms with Crippen LogP contribution in [0.15, 0.2) is 0 Å². The molecule has 0 aliphatic carbocycles. The van der Waals surface area contributed by atoms with E-state index in [1.165, 1.54) is 0 Å². The van der Waals surface area contributed by atoms with Gasteiger partial charge in [0.2, 0.25) is 0 Å². The fraction of sp³-hybridized carbons (Fsp3) is 1.00. The van der Waals surface area contributed by atoms with Crippen molar-refractivity contribution >= 4 is 0 Å². The van der Waals surface area contributed by atoms with Crippen molar-refractivity contribution in [1.29, 1.82) is 0 Å². The molecule has 0 amide bonds. The molecule has 2 aliphatic heterocycles. The van der Waals surface area contributed by atoms with Crippen LogP contribution in [0, 0.1) is 11.8 Å². The molecule has 0 aromatic carbocycles. The molecule has 2 heterocycles. The number of hydrogen-bond donors (Lipinski definition) is 2. The number of fused-ring (bicyclic) bond motifs is 1. The molecular weight excluding hydrogens is 190 g/mol. The molecule has 0 aromatic rings. The van der Waals surface area contributed by atoms with E-state index in [0.717, 1.165) is 19.4 Å². The van der Waals surface area contributed by atoms with E-state index in [0.29, 0.717) is 17.9 Å². The molecule has 4 unspecified atom stereocenters. The Labute approximate surface area is 92.1 Å². The zero-order valence-corrected chi connectivity index (χ0v) is 9.93. The van der Waals surface area contributed by atoms with Crippen molar-refractivity contribution in [2.75, 3.05) is 6.54 Å². The van der Waals surface area contributed by atoms with Gasteiger partial charge in [0.1, 0.15) is 0 Å². The van der Waals surface area contributed by atoms with Gasteiger partial charge in [-0.3, -0.25) is 4.90 Å². The van der Waals surface area contributed by atoms with Crippen LogP contribution in [-0.2, 0) is 0 Å². The van der Waals surface area contributed by atoms with Crippen molar-refractivity contribution in [3.8, 4) is 0 Å². The van der Waals surface area contributed by atoms with Crippen LogP contribution in [0.4, 0.5) is 0 Å². The molecule has 2 fully saturated rings. The standard InChI is InChI=1S/C12H23NO2/c1-7-4-5-10-8(2)11(14)6-13(10)9(3)12(7)15/h7-12,14-15H,4-6H2,1-3H3/t7?,8?,9?,10?,11-,12-/m0/s1. The largest absolute Gasteiger partial charge is 0.391 e. The van der Waals surface area contributed by atoms with E-state index in [9.17, 15) is 10.2 Å². The molecule has 3 nitrogen and oxygen atoms in total. The Morgan fingerprint density at radius 3 is 2.40 bits per heavy atom. The minimum absolute atomic E-state index is 0.187. The first-order chi connectivity index (χ1) is 7.02. The summed E-state index contributed by atoms with van der Waals surface area (Å²) in [7, 11) is 0. The van der Waals surface area contributed by atoms with E-state index in [-0.39, 0.29) is 18.2 Å². The van der Waals surface area contributed by atoms with Crippen molar-refractivity contribution in [1.82, 2.24) is 4.90 Å². The number of rotatable bonds is 0. The Balaban J connectivity index is 2.17. The second-order valence-corrected chi connectivity index (χ2v) is 5.48. The van der Waals surface area contributed by atoms with Crippen LogP contribution in [0.3, 0.4) is 0 Å². The highest BCUT2D eigenvalue weighted by molar-refractivity contribution is 4.97. The van der Waals surface area contributed by atoms with Gasteiger partial charge in [-0.15, -0.1) is 0 Å². The molecule has 0 spiro atoms. The van der Waals surface area contributed by atoms with Crippen LogP contribution in [0.5, 0.6) is 0 Å². The van der Waals surface area contributed by atoms with E-state index in [2.05, 4.69) is 25.7 Å². The highest BCUT2D eigenvalue weighted by atomic mass is 16.3. The summed E-state index contributed by atoms with van der Waals surface area (Å²) in [6, 6.07) is 0.654. The van der Waals surface area contributed by atoms with E-state index in [4.69, 9.17) is 0 Å². The third-order valence-electron chi connectivity index (χ3n) is 4.56. The Kier molecular flexibility index (Phi) is 3.06. The average Bonchev–Trinajstić information content (AvgIpc) is 2.45. The van der Waals surface area contributed by atoms with Gasteiger partial charge in [0.15, 0.2) is 0 Å². The molecule has 0 radical (unpaired) electrons. The molecule has 2 N–H and O–H groups in total. The SMILES string of the molecule is CC1CCC2C(C)[C@@H](O)CN2C(C)[C@H]1O. The zero-order valence-electron chi connectivity index (χ0n) is 9.93. The molecule has 2 rings (SSSR count). The van der Waals surface area contributed by atoms with Crippen molar-refractivity contribution in [3.63, 3.8) is 0 Å². The molecule has 0 bridgehead atoms. The van der Waals surface area contributed by atoms with E-state index in [1.54, 1.807) is 0 Å². The highest BCUT2D eigenvalue weighted by Gasteiger charge is 2.44. The second-order valence-electron chi connectivity index (χ2n) is 5.48. The quantitative estimate of drug-likeness (QED) is 0.627. The topological polar surface area (TPSA) is 43.7 Å². The van der Waals surface area contributed by atoms with Crippen molar-refractivity contribution < 1.29 is 10.2 Å². The molecule has 15 heavy (non-hydrogen) atoms. The lowest BCUT2D eigenvalue weighted by atomic mass is 9.92. The lowest BCUT2D eigenvalue weighted by molar-refractivity contribution is 0.0313. The van der Waals surface area contributed by atoms with Crippen LogP contribution in [0.1, 0.15) is 33.6 Å². The summed E-state index contributed by atoms with van der Waals surface area (Å²) in [4.78, 5) is 2.31. The van der Waals surface area contributed by atoms with Crippen molar-refractivity contribution in [2.24, 2.45) is 11.8 Å². The van der Waals surface area contributed by atoms with Crippen LogP contribution >= 0.6 is 0 Å². The maximum absolute atomic E-state index is 10.1. The summed E-state index contributed by atoms with van der Waals surface area (Å²) < 4.78 is 0. The monoisotopic (exact) mass is 213 g/mol.